The molecule has 7 heteroatoms. The predicted molar refractivity (Wildman–Crippen MR) is 98.7 cm³/mol. The number of ether oxygens (including phenoxy) is 1. The van der Waals surface area contributed by atoms with E-state index in [1.54, 1.807) is 18.2 Å². The van der Waals surface area contributed by atoms with E-state index in [0.29, 0.717) is 22.7 Å². The first-order valence-corrected chi connectivity index (χ1v) is 9.94. The summed E-state index contributed by atoms with van der Waals surface area (Å²) >= 11 is 3.91. The Labute approximate surface area is 159 Å². The zero-order valence-electron chi connectivity index (χ0n) is 14.4. The van der Waals surface area contributed by atoms with E-state index in [4.69, 9.17) is 4.74 Å². The van der Waals surface area contributed by atoms with E-state index < -0.39 is 5.41 Å². The normalized spacial score (nSPS) is 35.0. The number of hydrogen-bond acceptors (Lipinski definition) is 5. The molecule has 2 atom stereocenters. The van der Waals surface area contributed by atoms with Crippen LogP contribution in [0.15, 0.2) is 29.1 Å². The van der Waals surface area contributed by atoms with Crippen molar-refractivity contribution in [3.05, 3.63) is 34.6 Å². The molecule has 26 heavy (non-hydrogen) atoms. The van der Waals surface area contributed by atoms with Crippen LogP contribution in [-0.2, 0) is 16.3 Å². The maximum atomic E-state index is 13.0. The second-order valence-electron chi connectivity index (χ2n) is 8.36. The number of carbonyl (C=O) groups is 1. The van der Waals surface area contributed by atoms with Gasteiger partial charge in [-0.1, -0.05) is 33.3 Å². The number of nitrogens with zero attached hydrogens (tertiary/aromatic N) is 3. The molecule has 1 aromatic heterocycles. The number of alkyl halides is 1. The van der Waals surface area contributed by atoms with E-state index in [1.807, 2.05) is 6.07 Å². The number of carbonyl (C=O) groups excluding carboxylic acids is 1. The number of hydrogen-bond donors (Lipinski definition) is 0. The second kappa shape index (κ2) is 5.62. The van der Waals surface area contributed by atoms with Gasteiger partial charge in [-0.3, -0.25) is 9.59 Å². The van der Waals surface area contributed by atoms with Crippen molar-refractivity contribution in [3.63, 3.8) is 0 Å². The van der Waals surface area contributed by atoms with E-state index in [0.717, 1.165) is 36.8 Å². The number of halogens is 1. The first kappa shape index (κ1) is 16.4. The van der Waals surface area contributed by atoms with E-state index in [1.165, 1.54) is 6.42 Å². The third kappa shape index (κ3) is 2.51. The smallest absolute Gasteiger partial charge is 0.313 e. The third-order valence-corrected chi connectivity index (χ3v) is 7.30. The number of aromatic nitrogens is 3. The molecule has 0 radical (unpaired) electrons. The number of fused-ring (bicyclic) bond motifs is 1. The minimum Gasteiger partial charge on any atom is -0.442 e. The second-order valence-corrected chi connectivity index (χ2v) is 10.0. The first-order valence-electron chi connectivity index (χ1n) is 9.15. The van der Waals surface area contributed by atoms with Gasteiger partial charge in [0.05, 0.1) is 10.8 Å². The molecule has 0 saturated heterocycles. The Hall–Kier alpha value is -1.76. The Kier molecular flexibility index (Phi) is 3.55. The van der Waals surface area contributed by atoms with Crippen molar-refractivity contribution in [2.24, 2.45) is 17.3 Å². The van der Waals surface area contributed by atoms with Gasteiger partial charge >= 0.3 is 5.97 Å². The zero-order chi connectivity index (χ0) is 17.9. The third-order valence-electron chi connectivity index (χ3n) is 6.37. The van der Waals surface area contributed by atoms with E-state index in [-0.39, 0.29) is 22.6 Å². The molecule has 0 amide bonds. The lowest BCUT2D eigenvalue weighted by Crippen LogP contribution is -2.56. The summed E-state index contributed by atoms with van der Waals surface area (Å²) in [6.07, 6.45) is 6.21. The topological polar surface area (TPSA) is 74.1 Å². The quantitative estimate of drug-likeness (QED) is 0.566. The molecule has 0 N–H and O–H groups in total. The number of rotatable bonds is 3. The Morgan fingerprint density at radius 2 is 1.96 bits per heavy atom. The van der Waals surface area contributed by atoms with Gasteiger partial charge in [0.25, 0.3) is 5.56 Å². The molecule has 0 aliphatic heterocycles. The molecule has 1 heterocycles. The summed E-state index contributed by atoms with van der Waals surface area (Å²) in [5.74, 6) is 1.02. The van der Waals surface area contributed by atoms with Crippen LogP contribution in [0.2, 0.25) is 0 Å². The lowest BCUT2D eigenvalue weighted by molar-refractivity contribution is -0.174. The molecule has 0 unspecified atom stereocenters. The van der Waals surface area contributed by atoms with Crippen molar-refractivity contribution >= 4 is 32.8 Å². The summed E-state index contributed by atoms with van der Waals surface area (Å²) in [6.45, 7) is -0.179. The van der Waals surface area contributed by atoms with Gasteiger partial charge in [-0.25, -0.2) is 0 Å². The van der Waals surface area contributed by atoms with E-state index in [2.05, 4.69) is 26.2 Å². The molecule has 6 nitrogen and oxygen atoms in total. The van der Waals surface area contributed by atoms with Crippen LogP contribution in [0.3, 0.4) is 0 Å². The molecule has 4 aliphatic carbocycles. The van der Waals surface area contributed by atoms with Crippen molar-refractivity contribution in [3.8, 4) is 0 Å². The minimum absolute atomic E-state index is 0.0930. The van der Waals surface area contributed by atoms with Crippen molar-refractivity contribution in [2.75, 3.05) is 0 Å². The Bertz CT molecular complexity index is 942. The molecule has 1 aromatic carbocycles. The van der Waals surface area contributed by atoms with Crippen LogP contribution >= 0.6 is 15.9 Å². The fraction of sp³-hybridized carbons (Fsp3) is 0.579. The molecule has 2 aromatic rings. The summed E-state index contributed by atoms with van der Waals surface area (Å²) < 4.78 is 6.81. The Balaban J connectivity index is 1.37. The lowest BCUT2D eigenvalue weighted by Gasteiger charge is -2.58. The predicted octanol–water partition coefficient (Wildman–Crippen LogP) is 3.03. The molecular formula is C19H20BrN3O3. The average molecular weight is 418 g/mol. The largest absolute Gasteiger partial charge is 0.442 e. The highest BCUT2D eigenvalue weighted by Crippen LogP contribution is 2.64. The standard InChI is InChI=1S/C19H20BrN3O3/c20-19-8-12-5-13(9-19)7-18(6-12,10-19)17(25)26-11-23-16(24)14-3-1-2-4-15(14)21-22-23/h1-4,12-13H,5-11H2/t12-,13-,18?,19?/m1/s1. The van der Waals surface area contributed by atoms with Crippen molar-refractivity contribution in [2.45, 2.75) is 49.6 Å². The summed E-state index contributed by atoms with van der Waals surface area (Å²) in [4.78, 5) is 25.5. The SMILES string of the molecule is O=C(OCn1nnc2ccccc2c1=O)C12C[C@H]3C[C@@H](CC(Br)(C3)C1)C2. The average Bonchev–Trinajstić information content (AvgIpc) is 2.59. The van der Waals surface area contributed by atoms with Crippen molar-refractivity contribution in [1.82, 2.24) is 15.0 Å². The van der Waals surface area contributed by atoms with Gasteiger partial charge in [0.15, 0.2) is 6.73 Å². The van der Waals surface area contributed by atoms with Gasteiger partial charge in [0, 0.05) is 4.32 Å². The summed E-state index contributed by atoms with van der Waals surface area (Å²) in [7, 11) is 0. The molecule has 4 aliphatic rings. The van der Waals surface area contributed by atoms with Crippen LogP contribution in [0.5, 0.6) is 0 Å². The van der Waals surface area contributed by atoms with E-state index >= 15 is 0 Å². The summed E-state index contributed by atoms with van der Waals surface area (Å²) in [5, 5.41) is 8.42. The molecule has 4 bridgehead atoms. The van der Waals surface area contributed by atoms with E-state index in [9.17, 15) is 9.59 Å². The zero-order valence-corrected chi connectivity index (χ0v) is 15.9. The summed E-state index contributed by atoms with van der Waals surface area (Å²) in [6, 6.07) is 7.04. The van der Waals surface area contributed by atoms with Crippen LogP contribution in [0, 0.1) is 17.3 Å². The highest BCUT2D eigenvalue weighted by molar-refractivity contribution is 9.10. The van der Waals surface area contributed by atoms with Crippen molar-refractivity contribution in [1.29, 1.82) is 0 Å². The Morgan fingerprint density at radius 1 is 1.23 bits per heavy atom. The van der Waals surface area contributed by atoms with Crippen molar-refractivity contribution < 1.29 is 9.53 Å². The molecule has 136 valence electrons. The molecule has 6 rings (SSSR count). The highest BCUT2D eigenvalue weighted by atomic mass is 79.9. The van der Waals surface area contributed by atoms with Crippen LogP contribution in [0.4, 0.5) is 0 Å². The fourth-order valence-corrected chi connectivity index (χ4v) is 7.22. The van der Waals surface area contributed by atoms with Gasteiger partial charge in [-0.05, 0) is 62.5 Å². The minimum atomic E-state index is -0.401. The maximum absolute atomic E-state index is 13.0. The highest BCUT2D eigenvalue weighted by Gasteiger charge is 2.60. The number of esters is 1. The van der Waals surface area contributed by atoms with Gasteiger partial charge in [0.2, 0.25) is 0 Å². The monoisotopic (exact) mass is 417 g/mol. The number of benzene rings is 1. The van der Waals surface area contributed by atoms with Gasteiger partial charge in [0.1, 0.15) is 5.52 Å². The van der Waals surface area contributed by atoms with Crippen LogP contribution in [0.1, 0.15) is 38.5 Å². The lowest BCUT2D eigenvalue weighted by atomic mass is 9.49. The first-order chi connectivity index (χ1) is 12.5. The maximum Gasteiger partial charge on any atom is 0.313 e. The molecule has 0 spiro atoms. The fourth-order valence-electron chi connectivity index (χ4n) is 5.77. The Morgan fingerprint density at radius 3 is 2.69 bits per heavy atom. The van der Waals surface area contributed by atoms with Crippen LogP contribution < -0.4 is 5.56 Å². The summed E-state index contributed by atoms with van der Waals surface area (Å²) in [5.41, 5.74) is -0.144. The van der Waals surface area contributed by atoms with Crippen LogP contribution in [-0.4, -0.2) is 25.3 Å². The van der Waals surface area contributed by atoms with Gasteiger partial charge < -0.3 is 4.74 Å². The molecule has 4 fully saturated rings. The molecular weight excluding hydrogens is 398 g/mol. The van der Waals surface area contributed by atoms with Gasteiger partial charge in [-0.15, -0.1) is 5.10 Å². The van der Waals surface area contributed by atoms with Crippen LogP contribution in [0.25, 0.3) is 10.9 Å². The van der Waals surface area contributed by atoms with Gasteiger partial charge in [-0.2, -0.15) is 4.68 Å². The molecule has 4 saturated carbocycles.